The van der Waals surface area contributed by atoms with Crippen molar-refractivity contribution in [2.75, 3.05) is 4.90 Å². The van der Waals surface area contributed by atoms with Crippen molar-refractivity contribution >= 4 is 17.1 Å². The van der Waals surface area contributed by atoms with Gasteiger partial charge < -0.3 is 4.90 Å². The number of benzene rings is 9. The summed E-state index contributed by atoms with van der Waals surface area (Å²) in [5.74, 6) is 0. The van der Waals surface area contributed by atoms with E-state index in [4.69, 9.17) is 0 Å². The molecule has 0 saturated heterocycles. The normalized spacial score (nSPS) is 10.9. The van der Waals surface area contributed by atoms with Gasteiger partial charge in [0, 0.05) is 16.9 Å². The van der Waals surface area contributed by atoms with Crippen molar-refractivity contribution in [3.8, 4) is 66.8 Å². The molecule has 0 atom stereocenters. The minimum Gasteiger partial charge on any atom is -0.310 e. The average Bonchev–Trinajstić information content (AvgIpc) is 3.28. The van der Waals surface area contributed by atoms with Gasteiger partial charge in [0.2, 0.25) is 0 Å². The first-order valence-electron chi connectivity index (χ1n) is 18.8. The maximum atomic E-state index is 2.39. The molecule has 0 bridgehead atoms. The second-order valence-corrected chi connectivity index (χ2v) is 13.7. The summed E-state index contributed by atoms with van der Waals surface area (Å²) in [6, 6.07) is 85.0. The first-order chi connectivity index (χ1) is 27.3. The van der Waals surface area contributed by atoms with Crippen molar-refractivity contribution in [2.24, 2.45) is 0 Å². The van der Waals surface area contributed by atoms with Crippen LogP contribution in [-0.4, -0.2) is 0 Å². The quantitative estimate of drug-likeness (QED) is 0.145. The molecule has 0 saturated carbocycles. The van der Waals surface area contributed by atoms with E-state index in [1.165, 1.54) is 61.2 Å². The van der Waals surface area contributed by atoms with Gasteiger partial charge in [-0.1, -0.05) is 194 Å². The molecule has 260 valence electrons. The van der Waals surface area contributed by atoms with Gasteiger partial charge >= 0.3 is 0 Å². The van der Waals surface area contributed by atoms with E-state index < -0.39 is 0 Å². The Balaban J connectivity index is 1.23. The lowest BCUT2D eigenvalue weighted by Gasteiger charge is -2.29. The summed E-state index contributed by atoms with van der Waals surface area (Å²) in [5.41, 5.74) is 17.6. The average molecular weight is 702 g/mol. The van der Waals surface area contributed by atoms with Crippen molar-refractivity contribution in [1.29, 1.82) is 0 Å². The fourth-order valence-electron chi connectivity index (χ4n) is 7.59. The highest BCUT2D eigenvalue weighted by atomic mass is 15.1. The van der Waals surface area contributed by atoms with Gasteiger partial charge in [-0.2, -0.15) is 0 Å². The van der Waals surface area contributed by atoms with E-state index >= 15 is 0 Å². The van der Waals surface area contributed by atoms with Crippen LogP contribution in [0.4, 0.5) is 17.1 Å². The van der Waals surface area contributed by atoms with E-state index in [2.05, 4.69) is 241 Å². The van der Waals surface area contributed by atoms with Gasteiger partial charge in [-0.15, -0.1) is 0 Å². The van der Waals surface area contributed by atoms with Gasteiger partial charge in [0.05, 0.1) is 5.69 Å². The number of hydrogen-bond donors (Lipinski definition) is 0. The van der Waals surface area contributed by atoms with Gasteiger partial charge in [-0.05, 0) is 104 Å². The summed E-state index contributed by atoms with van der Waals surface area (Å²) in [7, 11) is 0. The van der Waals surface area contributed by atoms with Gasteiger partial charge in [-0.3, -0.25) is 0 Å². The van der Waals surface area contributed by atoms with Crippen molar-refractivity contribution in [3.63, 3.8) is 0 Å². The zero-order valence-corrected chi connectivity index (χ0v) is 30.5. The molecule has 0 N–H and O–H groups in total. The monoisotopic (exact) mass is 701 g/mol. The summed E-state index contributed by atoms with van der Waals surface area (Å²) < 4.78 is 0. The fraction of sp³-hybridized carbons (Fsp3) is 0. The Kier molecular flexibility index (Phi) is 9.41. The van der Waals surface area contributed by atoms with Crippen LogP contribution >= 0.6 is 0 Å². The standard InChI is InChI=1S/C54H39N/c1-7-19-40(20-8-1)46-33-36-49(41-21-9-2-10-22-41)54(37-46)55(47-29-17-6-18-30-47)48-34-31-45(32-35-48)53-39-51(43-25-13-4-14-26-43)50(42-23-11-3-12-24-42)38-52(53)44-27-15-5-16-28-44/h1-39H. The maximum absolute atomic E-state index is 2.39. The molecule has 55 heavy (non-hydrogen) atoms. The lowest BCUT2D eigenvalue weighted by Crippen LogP contribution is -2.11. The molecule has 9 aromatic rings. The molecule has 0 heterocycles. The van der Waals surface area contributed by atoms with Crippen molar-refractivity contribution in [1.82, 2.24) is 0 Å². The molecule has 0 aliphatic carbocycles. The molecule has 0 unspecified atom stereocenters. The van der Waals surface area contributed by atoms with E-state index in [1.807, 2.05) is 0 Å². The third-order valence-electron chi connectivity index (χ3n) is 10.3. The molecule has 0 aliphatic rings. The van der Waals surface area contributed by atoms with Gasteiger partial charge in [0.1, 0.15) is 0 Å². The highest BCUT2D eigenvalue weighted by Gasteiger charge is 2.20. The Hall–Kier alpha value is -7.22. The number of anilines is 3. The van der Waals surface area contributed by atoms with Crippen molar-refractivity contribution in [2.45, 2.75) is 0 Å². The topological polar surface area (TPSA) is 3.24 Å². The van der Waals surface area contributed by atoms with Crippen molar-refractivity contribution in [3.05, 3.63) is 237 Å². The molecule has 0 aromatic heterocycles. The SMILES string of the molecule is c1ccc(-c2ccc(-c3ccccc3)c(N(c3ccccc3)c3ccc(-c4cc(-c5ccccc5)c(-c5ccccc5)cc4-c4ccccc4)cc3)c2)cc1. The second kappa shape index (κ2) is 15.4. The smallest absolute Gasteiger partial charge is 0.0546 e. The molecule has 0 aliphatic heterocycles. The first-order valence-corrected chi connectivity index (χ1v) is 18.8. The van der Waals surface area contributed by atoms with Crippen LogP contribution in [0.1, 0.15) is 0 Å². The lowest BCUT2D eigenvalue weighted by molar-refractivity contribution is 1.28. The number of rotatable bonds is 9. The summed E-state index contributed by atoms with van der Waals surface area (Å²) in [6.45, 7) is 0. The first kappa shape index (κ1) is 33.6. The highest BCUT2D eigenvalue weighted by molar-refractivity contribution is 5.96. The van der Waals surface area contributed by atoms with Crippen LogP contribution in [0.2, 0.25) is 0 Å². The summed E-state index contributed by atoms with van der Waals surface area (Å²) >= 11 is 0. The minimum atomic E-state index is 1.09. The van der Waals surface area contributed by atoms with Crippen LogP contribution in [0.15, 0.2) is 237 Å². The van der Waals surface area contributed by atoms with Gasteiger partial charge in [0.25, 0.3) is 0 Å². The molecule has 0 spiro atoms. The predicted octanol–water partition coefficient (Wildman–Crippen LogP) is 15.2. The largest absolute Gasteiger partial charge is 0.310 e. The zero-order chi connectivity index (χ0) is 36.8. The zero-order valence-electron chi connectivity index (χ0n) is 30.5. The van der Waals surface area contributed by atoms with E-state index in [1.54, 1.807) is 0 Å². The van der Waals surface area contributed by atoms with Crippen LogP contribution in [0.5, 0.6) is 0 Å². The molecule has 9 aromatic carbocycles. The predicted molar refractivity (Wildman–Crippen MR) is 234 cm³/mol. The number of para-hydroxylation sites is 1. The van der Waals surface area contributed by atoms with Crippen molar-refractivity contribution < 1.29 is 0 Å². The minimum absolute atomic E-state index is 1.09. The molecule has 0 amide bonds. The number of nitrogens with zero attached hydrogens (tertiary/aromatic N) is 1. The van der Waals surface area contributed by atoms with Crippen LogP contribution in [0.25, 0.3) is 66.8 Å². The summed E-state index contributed by atoms with van der Waals surface area (Å²) in [6.07, 6.45) is 0. The van der Waals surface area contributed by atoms with Gasteiger partial charge in [0.15, 0.2) is 0 Å². The Morgan fingerprint density at radius 1 is 0.200 bits per heavy atom. The van der Waals surface area contributed by atoms with Crippen LogP contribution in [-0.2, 0) is 0 Å². The third kappa shape index (κ3) is 7.00. The third-order valence-corrected chi connectivity index (χ3v) is 10.3. The van der Waals surface area contributed by atoms with E-state index in [0.717, 1.165) is 22.6 Å². The van der Waals surface area contributed by atoms with E-state index in [9.17, 15) is 0 Å². The maximum Gasteiger partial charge on any atom is 0.0546 e. The van der Waals surface area contributed by atoms with Crippen LogP contribution < -0.4 is 4.90 Å². The fourth-order valence-corrected chi connectivity index (χ4v) is 7.59. The van der Waals surface area contributed by atoms with E-state index in [0.29, 0.717) is 0 Å². The molecule has 9 rings (SSSR count). The molecule has 1 nitrogen and oxygen atoms in total. The Morgan fingerprint density at radius 2 is 0.509 bits per heavy atom. The van der Waals surface area contributed by atoms with Gasteiger partial charge in [-0.25, -0.2) is 0 Å². The number of hydrogen-bond acceptors (Lipinski definition) is 1. The Labute approximate surface area is 324 Å². The molecular formula is C54H39N. The van der Waals surface area contributed by atoms with Crippen LogP contribution in [0, 0.1) is 0 Å². The summed E-state index contributed by atoms with van der Waals surface area (Å²) in [4.78, 5) is 2.39. The highest BCUT2D eigenvalue weighted by Crippen LogP contribution is 2.45. The molecule has 0 radical (unpaired) electrons. The Bertz CT molecular complexity index is 2640. The molecular weight excluding hydrogens is 663 g/mol. The molecule has 1 heteroatoms. The summed E-state index contributed by atoms with van der Waals surface area (Å²) in [5, 5.41) is 0. The Morgan fingerprint density at radius 3 is 0.927 bits per heavy atom. The second-order valence-electron chi connectivity index (χ2n) is 13.7. The lowest BCUT2D eigenvalue weighted by atomic mass is 9.85. The van der Waals surface area contributed by atoms with Crippen LogP contribution in [0.3, 0.4) is 0 Å². The molecule has 0 fully saturated rings. The van der Waals surface area contributed by atoms with E-state index in [-0.39, 0.29) is 0 Å².